The zero-order valence-corrected chi connectivity index (χ0v) is 11.0. The van der Waals surface area contributed by atoms with Crippen LogP contribution in [0.1, 0.15) is 24.9 Å². The first-order valence-corrected chi connectivity index (χ1v) is 6.30. The molecule has 1 aliphatic heterocycles. The van der Waals surface area contributed by atoms with Crippen LogP contribution in [0.2, 0.25) is 0 Å². The van der Waals surface area contributed by atoms with Gasteiger partial charge in [0.25, 0.3) is 0 Å². The summed E-state index contributed by atoms with van der Waals surface area (Å²) in [7, 11) is 1.74. The van der Waals surface area contributed by atoms with Crippen molar-refractivity contribution in [1.82, 2.24) is 5.32 Å². The van der Waals surface area contributed by atoms with E-state index in [-0.39, 0.29) is 11.6 Å². The number of benzene rings is 1. The first kappa shape index (κ1) is 13.3. The van der Waals surface area contributed by atoms with Crippen molar-refractivity contribution >= 4 is 0 Å². The lowest BCUT2D eigenvalue weighted by Crippen LogP contribution is -2.43. The fourth-order valence-electron chi connectivity index (χ4n) is 2.18. The van der Waals surface area contributed by atoms with Crippen molar-refractivity contribution in [3.63, 3.8) is 0 Å². The van der Waals surface area contributed by atoms with E-state index in [1.165, 1.54) is 0 Å². The molecule has 1 aliphatic rings. The highest BCUT2D eigenvalue weighted by Gasteiger charge is 2.34. The van der Waals surface area contributed by atoms with Gasteiger partial charge in [-0.25, -0.2) is 0 Å². The molecule has 0 radical (unpaired) electrons. The van der Waals surface area contributed by atoms with Crippen molar-refractivity contribution in [3.8, 4) is 5.75 Å². The number of ether oxygens (including phenoxy) is 2. The molecule has 0 bridgehead atoms. The van der Waals surface area contributed by atoms with Crippen LogP contribution in [0.3, 0.4) is 0 Å². The molecule has 0 amide bonds. The lowest BCUT2D eigenvalue weighted by atomic mass is 10.0. The van der Waals surface area contributed by atoms with E-state index in [4.69, 9.17) is 9.47 Å². The van der Waals surface area contributed by atoms with Crippen LogP contribution in [0.4, 0.5) is 0 Å². The molecule has 4 nitrogen and oxygen atoms in total. The molecule has 0 aromatic heterocycles. The fraction of sp³-hybridized carbons (Fsp3) is 0.571. The maximum Gasteiger partial charge on any atom is 0.115 e. The number of methoxy groups -OCH3 is 1. The van der Waals surface area contributed by atoms with Gasteiger partial charge < -0.3 is 19.9 Å². The molecule has 0 spiro atoms. The van der Waals surface area contributed by atoms with Crippen LogP contribution in [0.15, 0.2) is 24.3 Å². The van der Waals surface area contributed by atoms with E-state index in [0.717, 1.165) is 25.1 Å². The maximum absolute atomic E-state index is 9.26. The van der Waals surface area contributed by atoms with E-state index in [1.807, 2.05) is 12.1 Å². The highest BCUT2D eigenvalue weighted by Crippen LogP contribution is 2.23. The molecule has 2 unspecified atom stereocenters. The summed E-state index contributed by atoms with van der Waals surface area (Å²) in [4.78, 5) is 0. The molecule has 1 aromatic carbocycles. The largest absolute Gasteiger partial charge is 0.508 e. The predicted molar refractivity (Wildman–Crippen MR) is 69.7 cm³/mol. The second-order valence-electron chi connectivity index (χ2n) is 4.88. The second-order valence-corrected chi connectivity index (χ2v) is 4.88. The Labute approximate surface area is 108 Å². The summed E-state index contributed by atoms with van der Waals surface area (Å²) in [6.45, 7) is 4.29. The Bertz CT molecular complexity index is 371. The van der Waals surface area contributed by atoms with Crippen molar-refractivity contribution in [1.29, 1.82) is 0 Å². The van der Waals surface area contributed by atoms with Gasteiger partial charge in [0.05, 0.1) is 6.61 Å². The topological polar surface area (TPSA) is 50.7 Å². The predicted octanol–water partition coefficient (Wildman–Crippen LogP) is 1.85. The first-order valence-electron chi connectivity index (χ1n) is 6.30. The summed E-state index contributed by atoms with van der Waals surface area (Å²) in [5.41, 5.74) is 0.962. The van der Waals surface area contributed by atoms with Gasteiger partial charge in [-0.05, 0) is 24.6 Å². The van der Waals surface area contributed by atoms with Crippen LogP contribution in [0.5, 0.6) is 5.75 Å². The molecule has 1 fully saturated rings. The van der Waals surface area contributed by atoms with Gasteiger partial charge in [0.15, 0.2) is 0 Å². The maximum atomic E-state index is 9.26. The third-order valence-electron chi connectivity index (χ3n) is 3.62. The van der Waals surface area contributed by atoms with Crippen LogP contribution in [0, 0.1) is 0 Å². The number of phenols is 1. The zero-order chi connectivity index (χ0) is 13.0. The third kappa shape index (κ3) is 3.02. The standard InChI is InChI=1S/C14H21NO3/c1-11(12-3-5-13(16)6-4-12)15-9-14(17-2)7-8-18-10-14/h3-6,11,15-16H,7-10H2,1-2H3. The van der Waals surface area contributed by atoms with E-state index in [2.05, 4.69) is 12.2 Å². The molecule has 1 heterocycles. The number of rotatable bonds is 5. The molecule has 2 rings (SSSR count). The SMILES string of the molecule is COC1(CNC(C)c2ccc(O)cc2)CCOC1. The molecule has 1 aromatic rings. The number of hydrogen-bond donors (Lipinski definition) is 2. The van der Waals surface area contributed by atoms with Crippen LogP contribution >= 0.6 is 0 Å². The molecule has 1 saturated heterocycles. The minimum atomic E-state index is -0.189. The molecule has 2 atom stereocenters. The van der Waals surface area contributed by atoms with E-state index in [1.54, 1.807) is 19.2 Å². The van der Waals surface area contributed by atoms with Gasteiger partial charge in [-0.1, -0.05) is 12.1 Å². The van der Waals surface area contributed by atoms with Crippen molar-refractivity contribution in [2.45, 2.75) is 25.0 Å². The molecule has 2 N–H and O–H groups in total. The zero-order valence-electron chi connectivity index (χ0n) is 11.0. The van der Waals surface area contributed by atoms with Crippen LogP contribution < -0.4 is 5.32 Å². The third-order valence-corrected chi connectivity index (χ3v) is 3.62. The van der Waals surface area contributed by atoms with Crippen LogP contribution in [-0.4, -0.2) is 37.6 Å². The van der Waals surface area contributed by atoms with E-state index >= 15 is 0 Å². The van der Waals surface area contributed by atoms with Crippen molar-refractivity contribution in [2.75, 3.05) is 26.9 Å². The molecule has 0 aliphatic carbocycles. The minimum absolute atomic E-state index is 0.189. The lowest BCUT2D eigenvalue weighted by Gasteiger charge is -2.28. The normalized spacial score (nSPS) is 25.2. The molecular weight excluding hydrogens is 230 g/mol. The van der Waals surface area contributed by atoms with Gasteiger partial charge in [-0.15, -0.1) is 0 Å². The summed E-state index contributed by atoms with van der Waals surface area (Å²) in [6.07, 6.45) is 0.929. The molecule has 0 saturated carbocycles. The van der Waals surface area contributed by atoms with Crippen LogP contribution in [-0.2, 0) is 9.47 Å². The Morgan fingerprint density at radius 2 is 2.17 bits per heavy atom. The smallest absolute Gasteiger partial charge is 0.115 e. The Morgan fingerprint density at radius 1 is 1.44 bits per heavy atom. The van der Waals surface area contributed by atoms with Gasteiger partial charge in [0, 0.05) is 32.7 Å². The van der Waals surface area contributed by atoms with E-state index in [0.29, 0.717) is 12.4 Å². The van der Waals surface area contributed by atoms with Gasteiger partial charge >= 0.3 is 0 Å². The molecule has 100 valence electrons. The lowest BCUT2D eigenvalue weighted by molar-refractivity contribution is -0.0172. The van der Waals surface area contributed by atoms with Gasteiger partial charge in [-0.2, -0.15) is 0 Å². The minimum Gasteiger partial charge on any atom is -0.508 e. The fourth-order valence-corrected chi connectivity index (χ4v) is 2.18. The average molecular weight is 251 g/mol. The first-order chi connectivity index (χ1) is 8.65. The number of hydrogen-bond acceptors (Lipinski definition) is 4. The number of nitrogens with one attached hydrogen (secondary N) is 1. The number of phenolic OH excluding ortho intramolecular Hbond substituents is 1. The second kappa shape index (κ2) is 5.69. The molecule has 4 heteroatoms. The summed E-state index contributed by atoms with van der Waals surface area (Å²) < 4.78 is 11.0. The van der Waals surface area contributed by atoms with Crippen molar-refractivity contribution < 1.29 is 14.6 Å². The van der Waals surface area contributed by atoms with Gasteiger partial charge in [-0.3, -0.25) is 0 Å². The van der Waals surface area contributed by atoms with Gasteiger partial charge in [0.2, 0.25) is 0 Å². The van der Waals surface area contributed by atoms with E-state index < -0.39 is 0 Å². The Hall–Kier alpha value is -1.10. The molecular formula is C14H21NO3. The Morgan fingerprint density at radius 3 is 2.72 bits per heavy atom. The van der Waals surface area contributed by atoms with Gasteiger partial charge in [0.1, 0.15) is 11.4 Å². The van der Waals surface area contributed by atoms with Crippen molar-refractivity contribution in [3.05, 3.63) is 29.8 Å². The summed E-state index contributed by atoms with van der Waals surface area (Å²) in [5, 5.41) is 12.7. The highest BCUT2D eigenvalue weighted by atomic mass is 16.5. The highest BCUT2D eigenvalue weighted by molar-refractivity contribution is 5.27. The van der Waals surface area contributed by atoms with E-state index in [9.17, 15) is 5.11 Å². The molecule has 18 heavy (non-hydrogen) atoms. The average Bonchev–Trinajstić information content (AvgIpc) is 2.86. The Balaban J connectivity index is 1.91. The summed E-state index contributed by atoms with van der Waals surface area (Å²) in [6, 6.07) is 7.49. The van der Waals surface area contributed by atoms with Crippen molar-refractivity contribution in [2.24, 2.45) is 0 Å². The summed E-state index contributed by atoms with van der Waals surface area (Å²) in [5.74, 6) is 0.295. The quantitative estimate of drug-likeness (QED) is 0.838. The Kier molecular flexibility index (Phi) is 4.22. The summed E-state index contributed by atoms with van der Waals surface area (Å²) >= 11 is 0. The number of aromatic hydroxyl groups is 1. The van der Waals surface area contributed by atoms with Crippen LogP contribution in [0.25, 0.3) is 0 Å². The monoisotopic (exact) mass is 251 g/mol.